The quantitative estimate of drug-likeness (QED) is 0.426. The lowest BCUT2D eigenvalue weighted by molar-refractivity contribution is 0.250. The SMILES string of the molecule is CCn1c(=O)[nH]c2cc(CN3CCN(c4cc5ccnc(NC)c5nc4C)CC3)ccc2c1=S. The van der Waals surface area contributed by atoms with Crippen molar-refractivity contribution >= 4 is 45.5 Å². The van der Waals surface area contributed by atoms with E-state index < -0.39 is 0 Å². The fraction of sp³-hybridized carbons (Fsp3) is 0.360. The molecule has 1 fully saturated rings. The van der Waals surface area contributed by atoms with Gasteiger partial charge in [-0.15, -0.1) is 0 Å². The van der Waals surface area contributed by atoms with E-state index in [0.29, 0.717) is 11.2 Å². The minimum atomic E-state index is -0.150. The molecule has 0 spiro atoms. The molecule has 9 heteroatoms. The minimum absolute atomic E-state index is 0.150. The summed E-state index contributed by atoms with van der Waals surface area (Å²) in [6.45, 7) is 9.20. The maximum Gasteiger partial charge on any atom is 0.326 e. The van der Waals surface area contributed by atoms with Gasteiger partial charge in [0.15, 0.2) is 5.82 Å². The van der Waals surface area contributed by atoms with Crippen molar-refractivity contribution in [3.05, 3.63) is 62.9 Å². The predicted octanol–water partition coefficient (Wildman–Crippen LogP) is 3.69. The average molecular weight is 476 g/mol. The Balaban J connectivity index is 1.31. The molecular weight excluding hydrogens is 446 g/mol. The Morgan fingerprint density at radius 2 is 1.94 bits per heavy atom. The van der Waals surface area contributed by atoms with Gasteiger partial charge in [0.05, 0.1) is 16.9 Å². The van der Waals surface area contributed by atoms with E-state index in [1.54, 1.807) is 4.57 Å². The van der Waals surface area contributed by atoms with Crippen molar-refractivity contribution in [2.45, 2.75) is 26.9 Å². The topological polar surface area (TPSA) is 82.1 Å². The third-order valence-electron chi connectivity index (χ3n) is 6.62. The van der Waals surface area contributed by atoms with Gasteiger partial charge < -0.3 is 15.2 Å². The van der Waals surface area contributed by atoms with Gasteiger partial charge in [-0.25, -0.2) is 14.8 Å². The van der Waals surface area contributed by atoms with Crippen LogP contribution in [0, 0.1) is 11.6 Å². The second-order valence-corrected chi connectivity index (χ2v) is 9.08. The van der Waals surface area contributed by atoms with E-state index in [1.165, 1.54) is 11.3 Å². The average Bonchev–Trinajstić information content (AvgIpc) is 2.84. The molecule has 0 amide bonds. The van der Waals surface area contributed by atoms with E-state index in [-0.39, 0.29) is 5.69 Å². The van der Waals surface area contributed by atoms with Gasteiger partial charge in [0, 0.05) is 63.3 Å². The monoisotopic (exact) mass is 475 g/mol. The van der Waals surface area contributed by atoms with Crippen molar-refractivity contribution in [3.63, 3.8) is 0 Å². The summed E-state index contributed by atoms with van der Waals surface area (Å²) in [6, 6.07) is 10.5. The zero-order valence-electron chi connectivity index (χ0n) is 19.8. The highest BCUT2D eigenvalue weighted by Crippen LogP contribution is 2.28. The van der Waals surface area contributed by atoms with Crippen molar-refractivity contribution in [2.75, 3.05) is 43.4 Å². The van der Waals surface area contributed by atoms with E-state index in [4.69, 9.17) is 17.2 Å². The summed E-state index contributed by atoms with van der Waals surface area (Å²) in [5.41, 5.74) is 4.95. The highest BCUT2D eigenvalue weighted by molar-refractivity contribution is 7.71. The van der Waals surface area contributed by atoms with Crippen LogP contribution in [-0.4, -0.2) is 57.6 Å². The zero-order valence-corrected chi connectivity index (χ0v) is 20.6. The Labute approximate surface area is 203 Å². The summed E-state index contributed by atoms with van der Waals surface area (Å²) in [4.78, 5) is 29.4. The standard InChI is InChI=1S/C25H29N7OS/c1-4-32-24(34)19-6-5-17(13-20(19)29-25(32)33)15-30-9-11-31(12-10-30)21-14-18-7-8-27-23(26-3)22(18)28-16(21)2/h5-8,13-14H,4,9-12,15H2,1-3H3,(H,26,27)(H,29,33). The van der Waals surface area contributed by atoms with E-state index in [0.717, 1.165) is 66.0 Å². The molecule has 34 heavy (non-hydrogen) atoms. The van der Waals surface area contributed by atoms with E-state index in [9.17, 15) is 4.79 Å². The molecule has 0 atom stereocenters. The lowest BCUT2D eigenvalue weighted by atomic mass is 10.1. The van der Waals surface area contributed by atoms with Crippen LogP contribution in [0.4, 0.5) is 11.5 Å². The molecule has 0 aliphatic carbocycles. The number of nitrogens with zero attached hydrogens (tertiary/aromatic N) is 5. The number of fused-ring (bicyclic) bond motifs is 2. The van der Waals surface area contributed by atoms with Crippen molar-refractivity contribution in [1.29, 1.82) is 0 Å². The lowest BCUT2D eigenvalue weighted by Crippen LogP contribution is -2.46. The summed E-state index contributed by atoms with van der Waals surface area (Å²) in [6.07, 6.45) is 1.82. The van der Waals surface area contributed by atoms with Crippen molar-refractivity contribution in [3.8, 4) is 0 Å². The summed E-state index contributed by atoms with van der Waals surface area (Å²) in [5, 5.41) is 5.14. The Kier molecular flexibility index (Phi) is 6.05. The van der Waals surface area contributed by atoms with Crippen LogP contribution < -0.4 is 15.9 Å². The van der Waals surface area contributed by atoms with Crippen LogP contribution in [0.5, 0.6) is 0 Å². The molecule has 5 rings (SSSR count). The van der Waals surface area contributed by atoms with E-state index in [2.05, 4.69) is 50.2 Å². The number of aromatic amines is 1. The second kappa shape index (κ2) is 9.15. The largest absolute Gasteiger partial charge is 0.371 e. The fourth-order valence-corrected chi connectivity index (χ4v) is 5.16. The van der Waals surface area contributed by atoms with Crippen LogP contribution in [0.3, 0.4) is 0 Å². The molecule has 1 aromatic carbocycles. The molecule has 2 N–H and O–H groups in total. The first-order valence-corrected chi connectivity index (χ1v) is 12.1. The maximum absolute atomic E-state index is 12.3. The van der Waals surface area contributed by atoms with E-state index >= 15 is 0 Å². The molecule has 8 nitrogen and oxygen atoms in total. The number of nitrogens with one attached hydrogen (secondary N) is 2. The molecule has 176 valence electrons. The fourth-order valence-electron chi connectivity index (χ4n) is 4.77. The Hall–Kier alpha value is -3.30. The molecule has 4 aromatic rings. The molecule has 1 aliphatic heterocycles. The van der Waals surface area contributed by atoms with Gasteiger partial charge in [0.2, 0.25) is 0 Å². The van der Waals surface area contributed by atoms with Crippen LogP contribution in [0.1, 0.15) is 18.2 Å². The number of anilines is 2. The number of aromatic nitrogens is 4. The molecule has 1 saturated heterocycles. The van der Waals surface area contributed by atoms with Gasteiger partial charge in [-0.2, -0.15) is 0 Å². The number of aryl methyl sites for hydroxylation is 1. The number of benzene rings is 1. The highest BCUT2D eigenvalue weighted by Gasteiger charge is 2.20. The molecule has 0 unspecified atom stereocenters. The zero-order chi connectivity index (χ0) is 23.8. The lowest BCUT2D eigenvalue weighted by Gasteiger charge is -2.36. The van der Waals surface area contributed by atoms with Gasteiger partial charge in [0.25, 0.3) is 0 Å². The minimum Gasteiger partial charge on any atom is -0.371 e. The van der Waals surface area contributed by atoms with Gasteiger partial charge in [-0.05, 0) is 43.7 Å². The maximum atomic E-state index is 12.3. The summed E-state index contributed by atoms with van der Waals surface area (Å²) in [5.74, 6) is 0.807. The normalized spacial score (nSPS) is 14.7. The van der Waals surface area contributed by atoms with Crippen LogP contribution in [0.25, 0.3) is 21.8 Å². The van der Waals surface area contributed by atoms with Gasteiger partial charge >= 0.3 is 5.69 Å². The van der Waals surface area contributed by atoms with Gasteiger partial charge in [-0.1, -0.05) is 18.3 Å². The summed E-state index contributed by atoms with van der Waals surface area (Å²) >= 11 is 5.51. The molecule has 1 aliphatic rings. The first-order valence-electron chi connectivity index (χ1n) is 11.7. The van der Waals surface area contributed by atoms with Crippen LogP contribution in [-0.2, 0) is 13.1 Å². The van der Waals surface area contributed by atoms with Crippen LogP contribution >= 0.6 is 12.2 Å². The highest BCUT2D eigenvalue weighted by atomic mass is 32.1. The molecule has 3 aromatic heterocycles. The summed E-state index contributed by atoms with van der Waals surface area (Å²) in [7, 11) is 1.87. The third-order valence-corrected chi connectivity index (χ3v) is 7.06. The van der Waals surface area contributed by atoms with Crippen molar-refractivity contribution < 1.29 is 0 Å². The van der Waals surface area contributed by atoms with Crippen LogP contribution in [0.2, 0.25) is 0 Å². The Morgan fingerprint density at radius 1 is 1.15 bits per heavy atom. The first-order chi connectivity index (χ1) is 16.5. The second-order valence-electron chi connectivity index (χ2n) is 8.70. The van der Waals surface area contributed by atoms with Crippen molar-refractivity contribution in [2.24, 2.45) is 0 Å². The number of hydrogen-bond acceptors (Lipinski definition) is 7. The number of pyridine rings is 2. The number of rotatable bonds is 5. The molecule has 0 bridgehead atoms. The van der Waals surface area contributed by atoms with Gasteiger partial charge in [0.1, 0.15) is 10.2 Å². The molecule has 0 saturated carbocycles. The first kappa shape index (κ1) is 22.5. The van der Waals surface area contributed by atoms with Crippen LogP contribution in [0.15, 0.2) is 41.3 Å². The summed E-state index contributed by atoms with van der Waals surface area (Å²) < 4.78 is 2.19. The Morgan fingerprint density at radius 3 is 2.68 bits per heavy atom. The molecule has 4 heterocycles. The van der Waals surface area contributed by atoms with Crippen molar-refractivity contribution in [1.82, 2.24) is 24.4 Å². The van der Waals surface area contributed by atoms with E-state index in [1.807, 2.05) is 32.3 Å². The van der Waals surface area contributed by atoms with Gasteiger partial charge in [-0.3, -0.25) is 9.47 Å². The number of piperazine rings is 1. The predicted molar refractivity (Wildman–Crippen MR) is 140 cm³/mol. The number of hydrogen-bond donors (Lipinski definition) is 2. The molecule has 0 radical (unpaired) electrons. The molecular formula is C25H29N7OS. The smallest absolute Gasteiger partial charge is 0.326 e. The number of H-pyrrole nitrogens is 1. The third kappa shape index (κ3) is 4.05. The Bertz CT molecular complexity index is 1480.